The van der Waals surface area contributed by atoms with Crippen LogP contribution in [0.5, 0.6) is 0 Å². The van der Waals surface area contributed by atoms with E-state index in [2.05, 4.69) is 43.1 Å². The molecule has 1 fully saturated rings. The molecule has 0 spiro atoms. The van der Waals surface area contributed by atoms with Crippen LogP contribution in [-0.2, 0) is 4.79 Å². The van der Waals surface area contributed by atoms with Crippen molar-refractivity contribution >= 4 is 5.91 Å². The van der Waals surface area contributed by atoms with Gasteiger partial charge in [0, 0.05) is 32.1 Å². The molecule has 0 aliphatic carbocycles. The topological polar surface area (TPSA) is 32.3 Å². The lowest BCUT2D eigenvalue weighted by Gasteiger charge is -2.33. The van der Waals surface area contributed by atoms with E-state index in [0.717, 1.165) is 31.8 Å². The number of amides is 1. The number of likely N-dealkylation sites (tertiary alicyclic amines) is 1. The van der Waals surface area contributed by atoms with Gasteiger partial charge in [0.25, 0.3) is 0 Å². The zero-order chi connectivity index (χ0) is 15.9. The van der Waals surface area contributed by atoms with E-state index in [-0.39, 0.29) is 11.8 Å². The number of carbonyl (C=O) groups excluding carboxylic acids is 1. The number of carbonyl (C=O) groups is 1. The fraction of sp³-hybridized carbons (Fsp3) is 0.632. The number of nitrogens with zero attached hydrogens (tertiary/aromatic N) is 1. The molecule has 122 valence electrons. The molecule has 1 atom stereocenters. The number of nitrogens with one attached hydrogen (secondary N) is 1. The van der Waals surface area contributed by atoms with Crippen LogP contribution in [0.1, 0.15) is 51.5 Å². The normalized spacial score (nSPS) is 18.4. The van der Waals surface area contributed by atoms with Gasteiger partial charge in [0.05, 0.1) is 0 Å². The van der Waals surface area contributed by atoms with E-state index >= 15 is 0 Å². The SMILES string of the molecule is CC(C)CN1CCC(NC(=O)CC(C)c2ccccc2)CC1. The summed E-state index contributed by atoms with van der Waals surface area (Å²) in [5.41, 5.74) is 1.24. The maximum atomic E-state index is 12.2. The number of hydrogen-bond acceptors (Lipinski definition) is 2. The Kier molecular flexibility index (Phi) is 6.44. The number of rotatable bonds is 6. The van der Waals surface area contributed by atoms with Crippen molar-refractivity contribution in [2.75, 3.05) is 19.6 Å². The Morgan fingerprint density at radius 3 is 2.41 bits per heavy atom. The Morgan fingerprint density at radius 2 is 1.82 bits per heavy atom. The lowest BCUT2D eigenvalue weighted by atomic mass is 9.97. The largest absolute Gasteiger partial charge is 0.353 e. The molecular weight excluding hydrogens is 272 g/mol. The Bertz CT molecular complexity index is 450. The summed E-state index contributed by atoms with van der Waals surface area (Å²) >= 11 is 0. The summed E-state index contributed by atoms with van der Waals surface area (Å²) in [6, 6.07) is 10.6. The maximum absolute atomic E-state index is 12.2. The lowest BCUT2D eigenvalue weighted by molar-refractivity contribution is -0.122. The van der Waals surface area contributed by atoms with E-state index in [9.17, 15) is 4.79 Å². The first-order valence-electron chi connectivity index (χ1n) is 8.61. The minimum atomic E-state index is 0.193. The molecule has 3 nitrogen and oxygen atoms in total. The number of benzene rings is 1. The Labute approximate surface area is 135 Å². The van der Waals surface area contributed by atoms with Gasteiger partial charge in [-0.25, -0.2) is 0 Å². The third-order valence-electron chi connectivity index (χ3n) is 4.44. The molecule has 1 aromatic carbocycles. The quantitative estimate of drug-likeness (QED) is 0.873. The zero-order valence-corrected chi connectivity index (χ0v) is 14.2. The van der Waals surface area contributed by atoms with Crippen LogP contribution >= 0.6 is 0 Å². The first kappa shape index (κ1) is 17.0. The minimum Gasteiger partial charge on any atom is -0.353 e. The molecule has 3 heteroatoms. The average molecular weight is 302 g/mol. The highest BCUT2D eigenvalue weighted by Crippen LogP contribution is 2.19. The van der Waals surface area contributed by atoms with E-state index in [1.54, 1.807) is 0 Å². The van der Waals surface area contributed by atoms with Gasteiger partial charge < -0.3 is 10.2 Å². The first-order chi connectivity index (χ1) is 10.5. The summed E-state index contributed by atoms with van der Waals surface area (Å²) in [5, 5.41) is 3.23. The molecule has 1 amide bonds. The molecule has 1 heterocycles. The van der Waals surface area contributed by atoms with Gasteiger partial charge in [-0.1, -0.05) is 51.1 Å². The van der Waals surface area contributed by atoms with Gasteiger partial charge in [-0.2, -0.15) is 0 Å². The monoisotopic (exact) mass is 302 g/mol. The summed E-state index contributed by atoms with van der Waals surface area (Å²) in [7, 11) is 0. The van der Waals surface area contributed by atoms with E-state index in [4.69, 9.17) is 0 Å². The van der Waals surface area contributed by atoms with Crippen molar-refractivity contribution < 1.29 is 4.79 Å². The summed E-state index contributed by atoms with van der Waals surface area (Å²) in [6.07, 6.45) is 2.74. The third-order valence-corrected chi connectivity index (χ3v) is 4.44. The fourth-order valence-corrected chi connectivity index (χ4v) is 3.24. The van der Waals surface area contributed by atoms with Gasteiger partial charge in [0.15, 0.2) is 0 Å². The molecule has 22 heavy (non-hydrogen) atoms. The highest BCUT2D eigenvalue weighted by Gasteiger charge is 2.21. The highest BCUT2D eigenvalue weighted by atomic mass is 16.1. The van der Waals surface area contributed by atoms with Gasteiger partial charge >= 0.3 is 0 Å². The van der Waals surface area contributed by atoms with E-state index < -0.39 is 0 Å². The van der Waals surface area contributed by atoms with Crippen LogP contribution < -0.4 is 5.32 Å². The number of hydrogen-bond donors (Lipinski definition) is 1. The van der Waals surface area contributed by atoms with Gasteiger partial charge in [-0.05, 0) is 30.2 Å². The predicted octanol–water partition coefficient (Wildman–Crippen LogP) is 3.42. The minimum absolute atomic E-state index is 0.193. The smallest absolute Gasteiger partial charge is 0.220 e. The molecule has 2 rings (SSSR count). The van der Waals surface area contributed by atoms with Crippen LogP contribution in [0.25, 0.3) is 0 Å². The van der Waals surface area contributed by atoms with Gasteiger partial charge in [-0.3, -0.25) is 4.79 Å². The Balaban J connectivity index is 1.72. The van der Waals surface area contributed by atoms with Gasteiger partial charge in [0.2, 0.25) is 5.91 Å². The molecule has 1 aromatic rings. The van der Waals surface area contributed by atoms with Crippen LogP contribution in [-0.4, -0.2) is 36.5 Å². The lowest BCUT2D eigenvalue weighted by Crippen LogP contribution is -2.45. The molecule has 1 saturated heterocycles. The van der Waals surface area contributed by atoms with E-state index in [1.165, 1.54) is 12.1 Å². The second-order valence-corrected chi connectivity index (χ2v) is 7.05. The van der Waals surface area contributed by atoms with Crippen molar-refractivity contribution in [3.8, 4) is 0 Å². The molecule has 1 aliphatic rings. The van der Waals surface area contributed by atoms with Crippen molar-refractivity contribution in [1.29, 1.82) is 0 Å². The number of piperidine rings is 1. The van der Waals surface area contributed by atoms with Crippen LogP contribution in [0.2, 0.25) is 0 Å². The van der Waals surface area contributed by atoms with E-state index in [1.807, 2.05) is 18.2 Å². The van der Waals surface area contributed by atoms with Crippen molar-refractivity contribution in [1.82, 2.24) is 10.2 Å². The molecule has 1 N–H and O–H groups in total. The Hall–Kier alpha value is -1.35. The standard InChI is InChI=1S/C19H30N2O/c1-15(2)14-21-11-9-18(10-12-21)20-19(22)13-16(3)17-7-5-4-6-8-17/h4-8,15-16,18H,9-14H2,1-3H3,(H,20,22). The zero-order valence-electron chi connectivity index (χ0n) is 14.2. The van der Waals surface area contributed by atoms with Crippen molar-refractivity contribution in [3.63, 3.8) is 0 Å². The van der Waals surface area contributed by atoms with Crippen molar-refractivity contribution in [2.45, 2.75) is 52.0 Å². The molecule has 1 aliphatic heterocycles. The third kappa shape index (κ3) is 5.45. The predicted molar refractivity (Wildman–Crippen MR) is 91.9 cm³/mol. The van der Waals surface area contributed by atoms with Crippen LogP contribution in [0, 0.1) is 5.92 Å². The molecule has 0 bridgehead atoms. The molecule has 0 saturated carbocycles. The molecule has 1 unspecified atom stereocenters. The molecule has 0 radical (unpaired) electrons. The first-order valence-corrected chi connectivity index (χ1v) is 8.61. The summed E-state index contributed by atoms with van der Waals surface area (Å²) in [5.74, 6) is 1.19. The summed E-state index contributed by atoms with van der Waals surface area (Å²) < 4.78 is 0. The van der Waals surface area contributed by atoms with Gasteiger partial charge in [0.1, 0.15) is 0 Å². The van der Waals surface area contributed by atoms with Gasteiger partial charge in [-0.15, -0.1) is 0 Å². The molecular formula is C19H30N2O. The second kappa shape index (κ2) is 8.33. The van der Waals surface area contributed by atoms with Crippen LogP contribution in [0.3, 0.4) is 0 Å². The highest BCUT2D eigenvalue weighted by molar-refractivity contribution is 5.77. The fourth-order valence-electron chi connectivity index (χ4n) is 3.24. The summed E-state index contributed by atoms with van der Waals surface area (Å²) in [6.45, 7) is 10.0. The molecule has 0 aromatic heterocycles. The second-order valence-electron chi connectivity index (χ2n) is 7.05. The van der Waals surface area contributed by atoms with Crippen LogP contribution in [0.4, 0.5) is 0 Å². The summed E-state index contributed by atoms with van der Waals surface area (Å²) in [4.78, 5) is 14.7. The van der Waals surface area contributed by atoms with Crippen molar-refractivity contribution in [3.05, 3.63) is 35.9 Å². The van der Waals surface area contributed by atoms with Crippen LogP contribution in [0.15, 0.2) is 30.3 Å². The van der Waals surface area contributed by atoms with E-state index in [0.29, 0.717) is 12.5 Å². The maximum Gasteiger partial charge on any atom is 0.220 e. The average Bonchev–Trinajstić information content (AvgIpc) is 2.49. The Morgan fingerprint density at radius 1 is 1.18 bits per heavy atom. The van der Waals surface area contributed by atoms with Crippen molar-refractivity contribution in [2.24, 2.45) is 5.92 Å².